The Morgan fingerprint density at radius 3 is 2.79 bits per heavy atom. The van der Waals surface area contributed by atoms with Crippen molar-refractivity contribution in [3.63, 3.8) is 0 Å². The summed E-state index contributed by atoms with van der Waals surface area (Å²) in [7, 11) is 3.49. The van der Waals surface area contributed by atoms with E-state index in [0.29, 0.717) is 22.1 Å². The zero-order valence-corrected chi connectivity index (χ0v) is 16.8. The molecule has 8 heteroatoms. The fraction of sp³-hybridized carbons (Fsp3) is 0.200. The van der Waals surface area contributed by atoms with Crippen LogP contribution in [-0.2, 0) is 7.05 Å². The van der Waals surface area contributed by atoms with E-state index in [-0.39, 0.29) is 5.91 Å². The summed E-state index contributed by atoms with van der Waals surface area (Å²) in [6, 6.07) is 7.47. The van der Waals surface area contributed by atoms with E-state index < -0.39 is 0 Å². The van der Waals surface area contributed by atoms with Crippen LogP contribution in [0.25, 0.3) is 22.2 Å². The second-order valence-electron chi connectivity index (χ2n) is 6.41. The predicted molar refractivity (Wildman–Crippen MR) is 110 cm³/mol. The van der Waals surface area contributed by atoms with E-state index in [2.05, 4.69) is 20.4 Å². The van der Waals surface area contributed by atoms with Crippen molar-refractivity contribution in [3.05, 3.63) is 52.8 Å². The van der Waals surface area contributed by atoms with Gasteiger partial charge in [-0.25, -0.2) is 9.97 Å². The molecular formula is C20H19N5O2S. The fourth-order valence-corrected chi connectivity index (χ4v) is 3.73. The Labute approximate surface area is 166 Å². The first-order valence-corrected chi connectivity index (χ1v) is 9.56. The van der Waals surface area contributed by atoms with Crippen molar-refractivity contribution in [2.75, 3.05) is 12.4 Å². The molecule has 1 aromatic carbocycles. The molecule has 0 aliphatic heterocycles. The third kappa shape index (κ3) is 3.11. The van der Waals surface area contributed by atoms with Crippen molar-refractivity contribution in [3.8, 4) is 17.0 Å². The number of aromatic nitrogens is 4. The summed E-state index contributed by atoms with van der Waals surface area (Å²) in [5.41, 5.74) is 4.65. The number of pyridine rings is 1. The summed E-state index contributed by atoms with van der Waals surface area (Å²) < 4.78 is 7.15. The molecule has 0 radical (unpaired) electrons. The van der Waals surface area contributed by atoms with Crippen LogP contribution in [0.5, 0.6) is 5.75 Å². The number of nitrogens with one attached hydrogen (secondary N) is 1. The third-order valence-electron chi connectivity index (χ3n) is 4.70. The van der Waals surface area contributed by atoms with Crippen molar-refractivity contribution in [2.24, 2.45) is 7.05 Å². The van der Waals surface area contributed by atoms with E-state index in [1.54, 1.807) is 18.0 Å². The van der Waals surface area contributed by atoms with Crippen LogP contribution in [0.4, 0.5) is 5.13 Å². The van der Waals surface area contributed by atoms with E-state index in [1.807, 2.05) is 50.5 Å². The molecule has 0 atom stereocenters. The fourth-order valence-electron chi connectivity index (χ4n) is 3.03. The molecule has 0 saturated carbocycles. The Bertz CT molecular complexity index is 1190. The number of carbonyl (C=O) groups is 1. The largest absolute Gasteiger partial charge is 0.494 e. The van der Waals surface area contributed by atoms with Crippen LogP contribution in [0.3, 0.4) is 0 Å². The zero-order valence-electron chi connectivity index (χ0n) is 16.0. The van der Waals surface area contributed by atoms with Crippen LogP contribution < -0.4 is 10.1 Å². The molecule has 0 fully saturated rings. The zero-order chi connectivity index (χ0) is 19.8. The molecule has 4 aromatic rings. The van der Waals surface area contributed by atoms with Gasteiger partial charge in [-0.3, -0.25) is 14.8 Å². The number of hydrogen-bond acceptors (Lipinski definition) is 6. The minimum Gasteiger partial charge on any atom is -0.494 e. The number of methoxy groups -OCH3 is 1. The Kier molecular flexibility index (Phi) is 4.56. The minimum atomic E-state index is -0.237. The van der Waals surface area contributed by atoms with E-state index in [9.17, 15) is 4.79 Å². The highest BCUT2D eigenvalue weighted by atomic mass is 32.1. The number of nitrogens with zero attached hydrogens (tertiary/aromatic N) is 4. The number of para-hydroxylation sites is 1. The first kappa shape index (κ1) is 18.1. The van der Waals surface area contributed by atoms with Gasteiger partial charge < -0.3 is 4.74 Å². The standard InChI is InChI=1S/C20H19N5O2S/c1-11-14(8-13-6-5-7-17(27-4)18(13)22-11)19(26)24-20-23-16(10-28-20)15-9-21-25(3)12(15)2/h5-10H,1-4H3,(H,23,24,26). The van der Waals surface area contributed by atoms with Gasteiger partial charge >= 0.3 is 0 Å². The number of ether oxygens (including phenoxy) is 1. The van der Waals surface area contributed by atoms with E-state index >= 15 is 0 Å². The van der Waals surface area contributed by atoms with Gasteiger partial charge in [0.05, 0.1) is 30.3 Å². The number of benzene rings is 1. The summed E-state index contributed by atoms with van der Waals surface area (Å²) >= 11 is 1.38. The molecule has 4 rings (SSSR count). The first-order chi connectivity index (χ1) is 13.5. The Morgan fingerprint density at radius 1 is 1.25 bits per heavy atom. The van der Waals surface area contributed by atoms with Crippen molar-refractivity contribution in [1.29, 1.82) is 0 Å². The predicted octanol–water partition coefficient (Wildman–Crippen LogP) is 3.97. The van der Waals surface area contributed by atoms with Gasteiger partial charge in [-0.2, -0.15) is 5.10 Å². The molecule has 28 heavy (non-hydrogen) atoms. The van der Waals surface area contributed by atoms with Gasteiger partial charge in [-0.1, -0.05) is 12.1 Å². The summed E-state index contributed by atoms with van der Waals surface area (Å²) in [5.74, 6) is 0.447. The lowest BCUT2D eigenvalue weighted by atomic mass is 10.1. The third-order valence-corrected chi connectivity index (χ3v) is 5.46. The second kappa shape index (κ2) is 7.05. The lowest BCUT2D eigenvalue weighted by Crippen LogP contribution is -2.14. The highest BCUT2D eigenvalue weighted by Gasteiger charge is 2.16. The molecule has 1 amide bonds. The summed E-state index contributed by atoms with van der Waals surface area (Å²) in [5, 5.41) is 10.4. The Morgan fingerprint density at radius 2 is 2.07 bits per heavy atom. The molecular weight excluding hydrogens is 374 g/mol. The lowest BCUT2D eigenvalue weighted by Gasteiger charge is -2.09. The molecule has 7 nitrogen and oxygen atoms in total. The molecule has 3 heterocycles. The average Bonchev–Trinajstić information content (AvgIpc) is 3.27. The van der Waals surface area contributed by atoms with Gasteiger partial charge in [0.2, 0.25) is 0 Å². The Balaban J connectivity index is 1.62. The van der Waals surface area contributed by atoms with Gasteiger partial charge in [-0.05, 0) is 26.0 Å². The maximum atomic E-state index is 12.8. The number of fused-ring (bicyclic) bond motifs is 1. The number of amides is 1. The molecule has 0 spiro atoms. The second-order valence-corrected chi connectivity index (χ2v) is 7.27. The number of anilines is 1. The quantitative estimate of drug-likeness (QED) is 0.567. The molecule has 0 aliphatic carbocycles. The van der Waals surface area contributed by atoms with Gasteiger partial charge in [-0.15, -0.1) is 11.3 Å². The van der Waals surface area contributed by atoms with E-state index in [4.69, 9.17) is 4.74 Å². The molecule has 0 unspecified atom stereocenters. The topological polar surface area (TPSA) is 81.9 Å². The molecule has 0 bridgehead atoms. The monoisotopic (exact) mass is 393 g/mol. The summed E-state index contributed by atoms with van der Waals surface area (Å²) in [6.45, 7) is 3.80. The van der Waals surface area contributed by atoms with Gasteiger partial charge in [0.1, 0.15) is 11.3 Å². The number of carbonyl (C=O) groups excluding carboxylic acids is 1. The van der Waals surface area contributed by atoms with Crippen molar-refractivity contribution in [1.82, 2.24) is 19.7 Å². The highest BCUT2D eigenvalue weighted by Crippen LogP contribution is 2.28. The maximum Gasteiger partial charge on any atom is 0.259 e. The Hall–Kier alpha value is -3.26. The van der Waals surface area contributed by atoms with Gasteiger partial charge in [0.25, 0.3) is 5.91 Å². The number of thiazole rings is 1. The van der Waals surface area contributed by atoms with Crippen LogP contribution in [-0.4, -0.2) is 32.8 Å². The normalized spacial score (nSPS) is 11.0. The number of hydrogen-bond donors (Lipinski definition) is 1. The highest BCUT2D eigenvalue weighted by molar-refractivity contribution is 7.14. The van der Waals surface area contributed by atoms with Gasteiger partial charge in [0, 0.05) is 29.1 Å². The van der Waals surface area contributed by atoms with Gasteiger partial charge in [0.15, 0.2) is 5.13 Å². The maximum absolute atomic E-state index is 12.8. The average molecular weight is 393 g/mol. The molecule has 0 saturated heterocycles. The molecule has 1 N–H and O–H groups in total. The first-order valence-electron chi connectivity index (χ1n) is 8.68. The number of rotatable bonds is 4. The molecule has 142 valence electrons. The van der Waals surface area contributed by atoms with Crippen LogP contribution >= 0.6 is 11.3 Å². The van der Waals surface area contributed by atoms with Crippen molar-refractivity contribution < 1.29 is 9.53 Å². The lowest BCUT2D eigenvalue weighted by molar-refractivity contribution is 0.102. The molecule has 0 aliphatic rings. The number of aryl methyl sites for hydroxylation is 2. The van der Waals surface area contributed by atoms with Crippen LogP contribution in [0.2, 0.25) is 0 Å². The molecule has 3 aromatic heterocycles. The summed E-state index contributed by atoms with van der Waals surface area (Å²) in [4.78, 5) is 21.9. The SMILES string of the molecule is COc1cccc2cc(C(=O)Nc3nc(-c4cnn(C)c4C)cs3)c(C)nc12. The summed E-state index contributed by atoms with van der Waals surface area (Å²) in [6.07, 6.45) is 1.78. The van der Waals surface area contributed by atoms with Crippen molar-refractivity contribution >= 4 is 33.3 Å². The van der Waals surface area contributed by atoms with E-state index in [0.717, 1.165) is 27.9 Å². The van der Waals surface area contributed by atoms with E-state index in [1.165, 1.54) is 11.3 Å². The van der Waals surface area contributed by atoms with Crippen LogP contribution in [0, 0.1) is 13.8 Å². The smallest absolute Gasteiger partial charge is 0.259 e. The minimum absolute atomic E-state index is 0.237. The van der Waals surface area contributed by atoms with Crippen LogP contribution in [0.15, 0.2) is 35.8 Å². The van der Waals surface area contributed by atoms with Crippen LogP contribution in [0.1, 0.15) is 21.7 Å². The van der Waals surface area contributed by atoms with Crippen molar-refractivity contribution in [2.45, 2.75) is 13.8 Å².